The van der Waals surface area contributed by atoms with Crippen LogP contribution in [0.5, 0.6) is 5.75 Å². The van der Waals surface area contributed by atoms with Crippen molar-refractivity contribution in [2.45, 2.75) is 78.3 Å². The minimum absolute atomic E-state index is 0.0271. The Hall–Kier alpha value is -2.66. The summed E-state index contributed by atoms with van der Waals surface area (Å²) in [6.07, 6.45) is 2.18. The van der Waals surface area contributed by atoms with E-state index in [0.717, 1.165) is 47.3 Å². The van der Waals surface area contributed by atoms with Gasteiger partial charge in [-0.1, -0.05) is 70.2 Å². The average molecular weight is 463 g/mol. The van der Waals surface area contributed by atoms with E-state index in [1.165, 1.54) is 16.7 Å². The number of hydrogen-bond donors (Lipinski definition) is 3. The SMILES string of the molecule is CCC(O)CCc1ccc(-c2cccc(OCc3ccc(CO)c(CO)c3)c2)c(C(C)(C)C)c1. The molecule has 0 aromatic heterocycles. The summed E-state index contributed by atoms with van der Waals surface area (Å²) < 4.78 is 6.08. The number of benzene rings is 3. The highest BCUT2D eigenvalue weighted by Gasteiger charge is 2.20. The van der Waals surface area contributed by atoms with Crippen LogP contribution in [0.25, 0.3) is 11.1 Å². The van der Waals surface area contributed by atoms with E-state index in [0.29, 0.717) is 6.61 Å². The lowest BCUT2D eigenvalue weighted by molar-refractivity contribution is 0.160. The molecule has 3 N–H and O–H groups in total. The molecule has 0 bridgehead atoms. The van der Waals surface area contributed by atoms with Crippen molar-refractivity contribution in [1.82, 2.24) is 0 Å². The molecular formula is C30H38O4. The van der Waals surface area contributed by atoms with Crippen LogP contribution in [-0.4, -0.2) is 21.4 Å². The van der Waals surface area contributed by atoms with Gasteiger partial charge in [0.15, 0.2) is 0 Å². The van der Waals surface area contributed by atoms with E-state index in [2.05, 4.69) is 51.1 Å². The highest BCUT2D eigenvalue weighted by Crippen LogP contribution is 2.35. The molecule has 182 valence electrons. The Labute approximate surface area is 203 Å². The Morgan fingerprint density at radius 2 is 1.59 bits per heavy atom. The fourth-order valence-corrected chi connectivity index (χ4v) is 4.15. The molecule has 0 aliphatic carbocycles. The molecule has 4 nitrogen and oxygen atoms in total. The van der Waals surface area contributed by atoms with Crippen LogP contribution in [0.4, 0.5) is 0 Å². The summed E-state index contributed by atoms with van der Waals surface area (Å²) in [6, 6.07) is 20.4. The Kier molecular flexibility index (Phi) is 8.90. The zero-order chi connectivity index (χ0) is 24.7. The normalized spacial score (nSPS) is 12.6. The molecule has 0 aliphatic rings. The largest absolute Gasteiger partial charge is 0.489 e. The van der Waals surface area contributed by atoms with Gasteiger partial charge in [-0.2, -0.15) is 0 Å². The molecular weight excluding hydrogens is 424 g/mol. The van der Waals surface area contributed by atoms with Crippen LogP contribution in [0.15, 0.2) is 60.7 Å². The van der Waals surface area contributed by atoms with Gasteiger partial charge < -0.3 is 20.1 Å². The minimum atomic E-state index is -0.250. The van der Waals surface area contributed by atoms with E-state index in [-0.39, 0.29) is 24.7 Å². The molecule has 0 spiro atoms. The summed E-state index contributed by atoms with van der Waals surface area (Å²) in [5, 5.41) is 28.9. The lowest BCUT2D eigenvalue weighted by atomic mass is 9.80. The van der Waals surface area contributed by atoms with Crippen LogP contribution in [0, 0.1) is 0 Å². The fraction of sp³-hybridized carbons (Fsp3) is 0.400. The van der Waals surface area contributed by atoms with Crippen molar-refractivity contribution < 1.29 is 20.1 Å². The third-order valence-corrected chi connectivity index (χ3v) is 6.29. The van der Waals surface area contributed by atoms with Gasteiger partial charge in [-0.15, -0.1) is 0 Å². The summed E-state index contributed by atoms with van der Waals surface area (Å²) in [4.78, 5) is 0. The molecule has 0 fully saturated rings. The van der Waals surface area contributed by atoms with Crippen LogP contribution in [0.1, 0.15) is 68.4 Å². The quantitative estimate of drug-likeness (QED) is 0.350. The molecule has 4 heteroatoms. The first kappa shape index (κ1) is 26.0. The Morgan fingerprint density at radius 1 is 0.853 bits per heavy atom. The van der Waals surface area contributed by atoms with Crippen molar-refractivity contribution in [3.05, 3.63) is 88.5 Å². The predicted octanol–water partition coefficient (Wildman–Crippen LogP) is 5.92. The maximum atomic E-state index is 9.96. The molecule has 0 saturated carbocycles. The van der Waals surface area contributed by atoms with Gasteiger partial charge in [0.05, 0.1) is 19.3 Å². The van der Waals surface area contributed by atoms with Gasteiger partial charge >= 0.3 is 0 Å². The molecule has 3 aromatic rings. The average Bonchev–Trinajstić information content (AvgIpc) is 2.85. The lowest BCUT2D eigenvalue weighted by Crippen LogP contribution is -2.14. The molecule has 0 saturated heterocycles. The monoisotopic (exact) mass is 462 g/mol. The van der Waals surface area contributed by atoms with E-state index >= 15 is 0 Å². The first-order valence-electron chi connectivity index (χ1n) is 12.1. The number of aliphatic hydroxyl groups excluding tert-OH is 3. The Balaban J connectivity index is 1.82. The standard InChI is InChI=1S/C30H38O4/c1-5-26(33)13-10-21-11-14-28(29(16-21)30(2,3)4)23-7-6-8-27(17-23)34-20-22-9-12-24(18-31)25(15-22)19-32/h6-9,11-12,14-17,26,31-33H,5,10,13,18-20H2,1-4H3. The molecule has 0 radical (unpaired) electrons. The third kappa shape index (κ3) is 6.69. The van der Waals surface area contributed by atoms with E-state index in [1.54, 1.807) is 0 Å². The highest BCUT2D eigenvalue weighted by atomic mass is 16.5. The number of hydrogen-bond acceptors (Lipinski definition) is 4. The van der Waals surface area contributed by atoms with Gasteiger partial charge in [-0.05, 0) is 81.8 Å². The van der Waals surface area contributed by atoms with Crippen LogP contribution in [-0.2, 0) is 31.7 Å². The molecule has 1 unspecified atom stereocenters. The summed E-state index contributed by atoms with van der Waals surface area (Å²) in [6.45, 7) is 8.88. The zero-order valence-electron chi connectivity index (χ0n) is 20.8. The topological polar surface area (TPSA) is 69.9 Å². The molecule has 34 heavy (non-hydrogen) atoms. The van der Waals surface area contributed by atoms with Crippen LogP contribution in [0.2, 0.25) is 0 Å². The zero-order valence-corrected chi connectivity index (χ0v) is 20.8. The van der Waals surface area contributed by atoms with Gasteiger partial charge in [0, 0.05) is 0 Å². The highest BCUT2D eigenvalue weighted by molar-refractivity contribution is 5.70. The van der Waals surface area contributed by atoms with Gasteiger partial charge in [0.2, 0.25) is 0 Å². The molecule has 3 aromatic carbocycles. The molecule has 3 rings (SSSR count). The van der Waals surface area contributed by atoms with Crippen molar-refractivity contribution in [3.8, 4) is 16.9 Å². The van der Waals surface area contributed by atoms with E-state index < -0.39 is 0 Å². The fourth-order valence-electron chi connectivity index (χ4n) is 4.15. The van der Waals surface area contributed by atoms with Gasteiger partial charge in [-0.25, -0.2) is 0 Å². The Morgan fingerprint density at radius 3 is 2.26 bits per heavy atom. The maximum Gasteiger partial charge on any atom is 0.120 e. The smallest absolute Gasteiger partial charge is 0.120 e. The molecule has 1 atom stereocenters. The van der Waals surface area contributed by atoms with Crippen molar-refractivity contribution in [3.63, 3.8) is 0 Å². The summed E-state index contributed by atoms with van der Waals surface area (Å²) in [7, 11) is 0. The summed E-state index contributed by atoms with van der Waals surface area (Å²) >= 11 is 0. The Bertz CT molecular complexity index is 1080. The number of ether oxygens (including phenoxy) is 1. The van der Waals surface area contributed by atoms with E-state index in [1.807, 2.05) is 37.3 Å². The van der Waals surface area contributed by atoms with Crippen LogP contribution in [0.3, 0.4) is 0 Å². The lowest BCUT2D eigenvalue weighted by Gasteiger charge is -2.24. The molecule has 0 amide bonds. The number of aryl methyl sites for hydroxylation is 1. The second-order valence-electron chi connectivity index (χ2n) is 9.97. The van der Waals surface area contributed by atoms with E-state index in [4.69, 9.17) is 4.74 Å². The maximum absolute atomic E-state index is 9.96. The summed E-state index contributed by atoms with van der Waals surface area (Å²) in [5.74, 6) is 0.782. The molecule has 0 heterocycles. The van der Waals surface area contributed by atoms with Crippen molar-refractivity contribution >= 4 is 0 Å². The van der Waals surface area contributed by atoms with Gasteiger partial charge in [0.1, 0.15) is 12.4 Å². The van der Waals surface area contributed by atoms with Crippen molar-refractivity contribution in [1.29, 1.82) is 0 Å². The van der Waals surface area contributed by atoms with Crippen molar-refractivity contribution in [2.24, 2.45) is 0 Å². The predicted molar refractivity (Wildman–Crippen MR) is 138 cm³/mol. The minimum Gasteiger partial charge on any atom is -0.489 e. The van der Waals surface area contributed by atoms with Crippen molar-refractivity contribution in [2.75, 3.05) is 0 Å². The number of aliphatic hydroxyl groups is 3. The van der Waals surface area contributed by atoms with Gasteiger partial charge in [-0.3, -0.25) is 0 Å². The molecule has 0 aliphatic heterocycles. The first-order chi connectivity index (χ1) is 16.2. The third-order valence-electron chi connectivity index (χ3n) is 6.29. The summed E-state index contributed by atoms with van der Waals surface area (Å²) in [5.41, 5.74) is 7.19. The van der Waals surface area contributed by atoms with Crippen LogP contribution >= 0.6 is 0 Å². The number of rotatable bonds is 10. The van der Waals surface area contributed by atoms with Crippen LogP contribution < -0.4 is 4.74 Å². The van der Waals surface area contributed by atoms with Gasteiger partial charge in [0.25, 0.3) is 0 Å². The second kappa shape index (κ2) is 11.7. The second-order valence-corrected chi connectivity index (χ2v) is 9.97. The van der Waals surface area contributed by atoms with E-state index in [9.17, 15) is 15.3 Å². The first-order valence-corrected chi connectivity index (χ1v) is 12.1.